The Kier molecular flexibility index (Phi) is 5.65. The Balaban J connectivity index is 1.53. The predicted octanol–water partition coefficient (Wildman–Crippen LogP) is 2.34. The molecule has 1 saturated heterocycles. The molecule has 1 aromatic heterocycles. The molecule has 1 fully saturated rings. The van der Waals surface area contributed by atoms with Crippen LogP contribution in [0.25, 0.3) is 0 Å². The average molecular weight is 356 g/mol. The summed E-state index contributed by atoms with van der Waals surface area (Å²) in [5.41, 5.74) is 1.09. The molecule has 0 radical (unpaired) electrons. The summed E-state index contributed by atoms with van der Waals surface area (Å²) < 4.78 is 5.28. The second kappa shape index (κ2) is 8.12. The summed E-state index contributed by atoms with van der Waals surface area (Å²) in [6, 6.07) is 9.76. The number of carbonyl (C=O) groups is 2. The summed E-state index contributed by atoms with van der Waals surface area (Å²) in [5.74, 6) is 1.03. The minimum absolute atomic E-state index is 0.0246. The number of carbonyl (C=O) groups excluding carboxylic acids is 2. The molecule has 26 heavy (non-hydrogen) atoms. The number of likely N-dealkylation sites (tertiary alicyclic amines) is 1. The van der Waals surface area contributed by atoms with Crippen molar-refractivity contribution in [3.63, 3.8) is 0 Å². The van der Waals surface area contributed by atoms with Crippen molar-refractivity contribution in [2.75, 3.05) is 13.6 Å². The summed E-state index contributed by atoms with van der Waals surface area (Å²) in [6.07, 6.45) is 2.50. The van der Waals surface area contributed by atoms with Gasteiger partial charge < -0.3 is 14.3 Å². The molecule has 2 amide bonds. The molecular formula is C19H24N4O3. The van der Waals surface area contributed by atoms with E-state index in [1.165, 1.54) is 0 Å². The smallest absolute Gasteiger partial charge is 0.227 e. The van der Waals surface area contributed by atoms with Gasteiger partial charge in [0.2, 0.25) is 17.7 Å². The molecule has 0 saturated carbocycles. The van der Waals surface area contributed by atoms with Gasteiger partial charge in [-0.05, 0) is 18.4 Å². The molecular weight excluding hydrogens is 332 g/mol. The Hall–Kier alpha value is -2.70. The van der Waals surface area contributed by atoms with Crippen LogP contribution in [0.5, 0.6) is 0 Å². The Bertz CT molecular complexity index is 759. The van der Waals surface area contributed by atoms with Crippen LogP contribution in [-0.2, 0) is 22.6 Å². The minimum Gasteiger partial charge on any atom is -0.341 e. The highest BCUT2D eigenvalue weighted by atomic mass is 16.5. The Morgan fingerprint density at radius 2 is 2.08 bits per heavy atom. The van der Waals surface area contributed by atoms with Crippen molar-refractivity contribution >= 4 is 11.8 Å². The van der Waals surface area contributed by atoms with E-state index in [4.69, 9.17) is 4.52 Å². The van der Waals surface area contributed by atoms with Crippen molar-refractivity contribution in [1.82, 2.24) is 19.9 Å². The number of nitrogens with zero attached hydrogens (tertiary/aromatic N) is 4. The first-order chi connectivity index (χ1) is 12.5. The van der Waals surface area contributed by atoms with Gasteiger partial charge in [-0.1, -0.05) is 35.5 Å². The fraction of sp³-hybridized carbons (Fsp3) is 0.474. The van der Waals surface area contributed by atoms with Gasteiger partial charge >= 0.3 is 0 Å². The highest BCUT2D eigenvalue weighted by Crippen LogP contribution is 2.30. The SMILES string of the molecule is CC(=O)N1CCCC1c1noc(CCC(=O)N(C)Cc2ccccc2)n1. The van der Waals surface area contributed by atoms with E-state index in [0.29, 0.717) is 31.1 Å². The number of hydrogen-bond donors (Lipinski definition) is 0. The zero-order valence-corrected chi connectivity index (χ0v) is 15.2. The first-order valence-corrected chi connectivity index (χ1v) is 8.92. The normalized spacial score (nSPS) is 16.7. The molecule has 2 aromatic rings. The molecule has 1 aliphatic heterocycles. The number of aryl methyl sites for hydroxylation is 1. The largest absolute Gasteiger partial charge is 0.341 e. The minimum atomic E-state index is -0.110. The molecule has 2 heterocycles. The number of rotatable bonds is 6. The monoisotopic (exact) mass is 356 g/mol. The summed E-state index contributed by atoms with van der Waals surface area (Å²) in [5, 5.41) is 4.02. The lowest BCUT2D eigenvalue weighted by atomic mass is 10.2. The maximum Gasteiger partial charge on any atom is 0.227 e. The molecule has 7 heteroatoms. The van der Waals surface area contributed by atoms with Gasteiger partial charge in [0.15, 0.2) is 5.82 Å². The van der Waals surface area contributed by atoms with E-state index in [1.807, 2.05) is 30.3 Å². The van der Waals surface area contributed by atoms with Crippen molar-refractivity contribution in [1.29, 1.82) is 0 Å². The molecule has 1 unspecified atom stereocenters. The number of benzene rings is 1. The third-order valence-corrected chi connectivity index (χ3v) is 4.68. The maximum absolute atomic E-state index is 12.3. The van der Waals surface area contributed by atoms with E-state index in [1.54, 1.807) is 23.8 Å². The van der Waals surface area contributed by atoms with E-state index in [-0.39, 0.29) is 17.9 Å². The summed E-state index contributed by atoms with van der Waals surface area (Å²) >= 11 is 0. The lowest BCUT2D eigenvalue weighted by Gasteiger charge is -2.19. The van der Waals surface area contributed by atoms with Crippen molar-refractivity contribution in [2.24, 2.45) is 0 Å². The second-order valence-corrected chi connectivity index (χ2v) is 6.65. The first kappa shape index (κ1) is 18.1. The van der Waals surface area contributed by atoms with Crippen molar-refractivity contribution in [3.8, 4) is 0 Å². The van der Waals surface area contributed by atoms with Crippen LogP contribution in [0.4, 0.5) is 0 Å². The molecule has 3 rings (SSSR count). The third kappa shape index (κ3) is 4.28. The number of aromatic nitrogens is 2. The van der Waals surface area contributed by atoms with E-state index < -0.39 is 0 Å². The lowest BCUT2D eigenvalue weighted by Crippen LogP contribution is -2.28. The van der Waals surface area contributed by atoms with Gasteiger partial charge in [-0.15, -0.1) is 0 Å². The van der Waals surface area contributed by atoms with Crippen LogP contribution >= 0.6 is 0 Å². The Labute approximate surface area is 153 Å². The fourth-order valence-corrected chi connectivity index (χ4v) is 3.27. The van der Waals surface area contributed by atoms with Gasteiger partial charge in [-0.25, -0.2) is 0 Å². The Morgan fingerprint density at radius 3 is 2.81 bits per heavy atom. The van der Waals surface area contributed by atoms with Crippen LogP contribution in [0.2, 0.25) is 0 Å². The van der Waals surface area contributed by atoms with Crippen molar-refractivity contribution in [3.05, 3.63) is 47.6 Å². The summed E-state index contributed by atoms with van der Waals surface area (Å²) in [6.45, 7) is 2.86. The second-order valence-electron chi connectivity index (χ2n) is 6.65. The first-order valence-electron chi connectivity index (χ1n) is 8.92. The molecule has 0 N–H and O–H groups in total. The zero-order chi connectivity index (χ0) is 18.5. The van der Waals surface area contributed by atoms with Gasteiger partial charge in [-0.3, -0.25) is 9.59 Å². The summed E-state index contributed by atoms with van der Waals surface area (Å²) in [4.78, 5) is 31.8. The zero-order valence-electron chi connectivity index (χ0n) is 15.2. The molecule has 1 atom stereocenters. The molecule has 0 bridgehead atoms. The predicted molar refractivity (Wildman–Crippen MR) is 94.9 cm³/mol. The highest BCUT2D eigenvalue weighted by molar-refractivity contribution is 5.76. The van der Waals surface area contributed by atoms with Crippen LogP contribution < -0.4 is 0 Å². The van der Waals surface area contributed by atoms with E-state index >= 15 is 0 Å². The molecule has 138 valence electrons. The van der Waals surface area contributed by atoms with E-state index in [9.17, 15) is 9.59 Å². The van der Waals surface area contributed by atoms with Crippen LogP contribution in [0, 0.1) is 0 Å². The van der Waals surface area contributed by atoms with Gasteiger partial charge in [0, 0.05) is 39.9 Å². The van der Waals surface area contributed by atoms with Crippen LogP contribution in [0.1, 0.15) is 49.5 Å². The standard InChI is InChI=1S/C19H24N4O3/c1-14(24)23-12-6-9-16(23)19-20-17(26-21-19)10-11-18(25)22(2)13-15-7-4-3-5-8-15/h3-5,7-8,16H,6,9-13H2,1-2H3. The quantitative estimate of drug-likeness (QED) is 0.794. The number of hydrogen-bond acceptors (Lipinski definition) is 5. The molecule has 1 aromatic carbocycles. The lowest BCUT2D eigenvalue weighted by molar-refractivity contribution is -0.131. The van der Waals surface area contributed by atoms with Crippen LogP contribution in [-0.4, -0.2) is 45.3 Å². The van der Waals surface area contributed by atoms with Crippen LogP contribution in [0.15, 0.2) is 34.9 Å². The molecule has 0 spiro atoms. The van der Waals surface area contributed by atoms with Gasteiger partial charge in [0.05, 0.1) is 6.04 Å². The van der Waals surface area contributed by atoms with Gasteiger partial charge in [-0.2, -0.15) is 4.98 Å². The van der Waals surface area contributed by atoms with Gasteiger partial charge in [0.1, 0.15) is 0 Å². The van der Waals surface area contributed by atoms with Crippen molar-refractivity contribution < 1.29 is 14.1 Å². The highest BCUT2D eigenvalue weighted by Gasteiger charge is 2.31. The topological polar surface area (TPSA) is 79.5 Å². The fourth-order valence-electron chi connectivity index (χ4n) is 3.27. The van der Waals surface area contributed by atoms with Gasteiger partial charge in [0.25, 0.3) is 0 Å². The summed E-state index contributed by atoms with van der Waals surface area (Å²) in [7, 11) is 1.79. The number of amides is 2. The molecule has 1 aliphatic rings. The van der Waals surface area contributed by atoms with E-state index in [0.717, 1.165) is 24.9 Å². The van der Waals surface area contributed by atoms with Crippen molar-refractivity contribution in [2.45, 2.75) is 45.2 Å². The molecule has 0 aliphatic carbocycles. The maximum atomic E-state index is 12.3. The van der Waals surface area contributed by atoms with E-state index in [2.05, 4.69) is 10.1 Å². The Morgan fingerprint density at radius 1 is 1.31 bits per heavy atom. The average Bonchev–Trinajstić information content (AvgIpc) is 3.29. The van der Waals surface area contributed by atoms with Crippen LogP contribution in [0.3, 0.4) is 0 Å². The third-order valence-electron chi connectivity index (χ3n) is 4.68. The molecule has 7 nitrogen and oxygen atoms in total.